The van der Waals surface area contributed by atoms with Gasteiger partial charge in [0.1, 0.15) is 6.10 Å². The van der Waals surface area contributed by atoms with Gasteiger partial charge in [0.15, 0.2) is 6.79 Å². The Hall–Kier alpha value is -1.36. The first-order valence-corrected chi connectivity index (χ1v) is 14.0. The molecular weight excluding hydrogens is 428 g/mol. The van der Waals surface area contributed by atoms with Crippen molar-refractivity contribution in [2.75, 3.05) is 13.4 Å². The summed E-state index contributed by atoms with van der Waals surface area (Å²) in [5, 5.41) is 0. The molecule has 5 heteroatoms. The van der Waals surface area contributed by atoms with E-state index >= 15 is 0 Å². The van der Waals surface area contributed by atoms with Crippen LogP contribution in [-0.2, 0) is 23.8 Å². The first-order valence-electron chi connectivity index (χ1n) is 14.0. The van der Waals surface area contributed by atoms with Crippen LogP contribution in [0.5, 0.6) is 0 Å². The maximum atomic E-state index is 13.1. The van der Waals surface area contributed by atoms with Crippen molar-refractivity contribution < 1.29 is 23.8 Å². The molecule has 8 aliphatic rings. The number of ether oxygens (including phenoxy) is 3. The Morgan fingerprint density at radius 3 is 2.18 bits per heavy atom. The van der Waals surface area contributed by atoms with Crippen LogP contribution in [0.1, 0.15) is 71.1 Å². The molecule has 0 aromatic heterocycles. The van der Waals surface area contributed by atoms with Gasteiger partial charge in [-0.2, -0.15) is 0 Å². The summed E-state index contributed by atoms with van der Waals surface area (Å²) in [7, 11) is 0. The highest BCUT2D eigenvalue weighted by Crippen LogP contribution is 2.69. The lowest BCUT2D eigenvalue weighted by Gasteiger charge is -2.56. The van der Waals surface area contributed by atoms with E-state index in [-0.39, 0.29) is 30.8 Å². The first kappa shape index (κ1) is 21.9. The molecule has 8 unspecified atom stereocenters. The fourth-order valence-electron chi connectivity index (χ4n) is 11.1. The molecule has 0 aliphatic heterocycles. The van der Waals surface area contributed by atoms with E-state index in [9.17, 15) is 9.59 Å². The van der Waals surface area contributed by atoms with E-state index < -0.39 is 0 Å². The molecule has 0 N–H and O–H groups in total. The zero-order chi connectivity index (χ0) is 23.2. The topological polar surface area (TPSA) is 61.8 Å². The van der Waals surface area contributed by atoms with Crippen molar-refractivity contribution in [2.24, 2.45) is 64.6 Å². The number of rotatable bonds is 7. The predicted molar refractivity (Wildman–Crippen MR) is 125 cm³/mol. The number of hydrogen-bond donors (Lipinski definition) is 0. The molecule has 8 aliphatic carbocycles. The van der Waals surface area contributed by atoms with Crippen molar-refractivity contribution >= 4 is 11.9 Å². The van der Waals surface area contributed by atoms with Crippen molar-refractivity contribution in [1.82, 2.24) is 0 Å². The molecule has 0 radical (unpaired) electrons. The number of carbonyl (C=O) groups excluding carboxylic acids is 2. The molecule has 34 heavy (non-hydrogen) atoms. The SMILES string of the molecule is C=C(C)C(=O)OC1CC2CC1C1C3CC(CC3C(=O)OCOCC34CC5CC(CC(C5)C3)C4)C21. The summed E-state index contributed by atoms with van der Waals surface area (Å²) in [6.07, 6.45) is 12.6. The molecule has 0 saturated heterocycles. The van der Waals surface area contributed by atoms with Gasteiger partial charge in [-0.1, -0.05) is 6.58 Å². The largest absolute Gasteiger partial charge is 0.459 e. The molecule has 0 heterocycles. The molecule has 8 atom stereocenters. The van der Waals surface area contributed by atoms with Gasteiger partial charge in [0.05, 0.1) is 12.5 Å². The van der Waals surface area contributed by atoms with Crippen LogP contribution in [0.25, 0.3) is 0 Å². The Kier molecular flexibility index (Phi) is 5.03. The van der Waals surface area contributed by atoms with Crippen LogP contribution in [0, 0.1) is 64.6 Å². The van der Waals surface area contributed by atoms with E-state index in [2.05, 4.69) is 6.58 Å². The van der Waals surface area contributed by atoms with Crippen LogP contribution in [0.15, 0.2) is 12.2 Å². The summed E-state index contributed by atoms with van der Waals surface area (Å²) in [6.45, 7) is 6.34. The number of fused-ring (bicyclic) bond motifs is 9. The van der Waals surface area contributed by atoms with Crippen molar-refractivity contribution in [3.8, 4) is 0 Å². The van der Waals surface area contributed by atoms with E-state index in [0.29, 0.717) is 40.6 Å². The van der Waals surface area contributed by atoms with E-state index in [1.807, 2.05) is 0 Å². The van der Waals surface area contributed by atoms with Gasteiger partial charge in [0.2, 0.25) is 0 Å². The molecular formula is C29H40O5. The van der Waals surface area contributed by atoms with Crippen LogP contribution in [-0.4, -0.2) is 31.4 Å². The Labute approximate surface area is 203 Å². The molecule has 8 fully saturated rings. The van der Waals surface area contributed by atoms with E-state index in [0.717, 1.165) is 56.0 Å². The lowest BCUT2D eigenvalue weighted by Crippen LogP contribution is -2.48. The second-order valence-corrected chi connectivity index (χ2v) is 13.6. The van der Waals surface area contributed by atoms with Gasteiger partial charge in [0, 0.05) is 5.57 Å². The highest BCUT2D eigenvalue weighted by atomic mass is 16.7. The Morgan fingerprint density at radius 2 is 1.50 bits per heavy atom. The fourth-order valence-corrected chi connectivity index (χ4v) is 11.1. The van der Waals surface area contributed by atoms with Gasteiger partial charge in [-0.15, -0.1) is 0 Å². The lowest BCUT2D eigenvalue weighted by atomic mass is 9.50. The molecule has 186 valence electrons. The third kappa shape index (κ3) is 3.35. The molecule has 0 spiro atoms. The Bertz CT molecular complexity index is 858. The smallest absolute Gasteiger partial charge is 0.333 e. The summed E-state index contributed by atoms with van der Waals surface area (Å²) >= 11 is 0. The third-order valence-electron chi connectivity index (χ3n) is 11.5. The summed E-state index contributed by atoms with van der Waals surface area (Å²) in [4.78, 5) is 25.2. The van der Waals surface area contributed by atoms with Crippen molar-refractivity contribution in [3.63, 3.8) is 0 Å². The van der Waals surface area contributed by atoms with Crippen LogP contribution in [0.2, 0.25) is 0 Å². The van der Waals surface area contributed by atoms with Crippen LogP contribution in [0.4, 0.5) is 0 Å². The zero-order valence-corrected chi connectivity index (χ0v) is 20.6. The monoisotopic (exact) mass is 468 g/mol. The number of carbonyl (C=O) groups is 2. The van der Waals surface area contributed by atoms with Gasteiger partial charge in [-0.25, -0.2) is 4.79 Å². The summed E-state index contributed by atoms with van der Waals surface area (Å²) < 4.78 is 17.6. The Balaban J connectivity index is 0.932. The van der Waals surface area contributed by atoms with Gasteiger partial charge in [-0.05, 0) is 130 Å². The van der Waals surface area contributed by atoms with E-state index in [4.69, 9.17) is 14.2 Å². The second-order valence-electron chi connectivity index (χ2n) is 13.6. The fraction of sp³-hybridized carbons (Fsp3) is 0.862. The summed E-state index contributed by atoms with van der Waals surface area (Å²) in [5.41, 5.74) is 0.836. The zero-order valence-electron chi connectivity index (χ0n) is 20.6. The molecule has 8 rings (SSSR count). The lowest BCUT2D eigenvalue weighted by molar-refractivity contribution is -0.174. The highest BCUT2D eigenvalue weighted by molar-refractivity contribution is 5.87. The summed E-state index contributed by atoms with van der Waals surface area (Å²) in [6, 6.07) is 0. The van der Waals surface area contributed by atoms with Crippen LogP contribution >= 0.6 is 0 Å². The maximum Gasteiger partial charge on any atom is 0.333 e. The van der Waals surface area contributed by atoms with Crippen molar-refractivity contribution in [3.05, 3.63) is 12.2 Å². The molecule has 0 amide bonds. The molecule has 8 bridgehead atoms. The average molecular weight is 469 g/mol. The third-order valence-corrected chi connectivity index (χ3v) is 11.5. The highest BCUT2D eigenvalue weighted by Gasteiger charge is 2.66. The quantitative estimate of drug-likeness (QED) is 0.170. The van der Waals surface area contributed by atoms with Gasteiger partial charge in [0.25, 0.3) is 0 Å². The second kappa shape index (κ2) is 7.82. The molecule has 0 aromatic rings. The minimum absolute atomic E-state index is 0.00578. The predicted octanol–water partition coefficient (Wildman–Crippen LogP) is 5.14. The number of hydrogen-bond acceptors (Lipinski definition) is 5. The first-order chi connectivity index (χ1) is 16.4. The summed E-state index contributed by atoms with van der Waals surface area (Å²) in [5.74, 6) is 5.81. The average Bonchev–Trinajstić information content (AvgIpc) is 3.54. The van der Waals surface area contributed by atoms with Crippen molar-refractivity contribution in [1.29, 1.82) is 0 Å². The van der Waals surface area contributed by atoms with Crippen LogP contribution in [0.3, 0.4) is 0 Å². The van der Waals surface area contributed by atoms with E-state index in [1.165, 1.54) is 38.5 Å². The van der Waals surface area contributed by atoms with Crippen molar-refractivity contribution in [2.45, 2.75) is 77.2 Å². The molecule has 8 saturated carbocycles. The number of esters is 2. The van der Waals surface area contributed by atoms with E-state index in [1.54, 1.807) is 6.92 Å². The Morgan fingerprint density at radius 1 is 0.853 bits per heavy atom. The standard InChI is InChI=1S/C29H40O5/c1-15(2)27(30)34-24-9-20-8-23(24)26-21-6-19(25(20)26)7-22(21)28(31)33-14-32-13-29-10-16-3-17(11-29)5-18(4-16)12-29/h16-26H,1,3-14H2,2H3. The maximum absolute atomic E-state index is 13.1. The van der Waals surface area contributed by atoms with Gasteiger partial charge >= 0.3 is 11.9 Å². The van der Waals surface area contributed by atoms with Crippen LogP contribution < -0.4 is 0 Å². The molecule has 0 aromatic carbocycles. The normalized spacial score (nSPS) is 51.0. The van der Waals surface area contributed by atoms with Gasteiger partial charge in [-0.3, -0.25) is 4.79 Å². The molecule has 5 nitrogen and oxygen atoms in total. The van der Waals surface area contributed by atoms with Gasteiger partial charge < -0.3 is 14.2 Å². The minimum Gasteiger partial charge on any atom is -0.459 e. The minimum atomic E-state index is -0.260.